The molecule has 1 aliphatic rings. The van der Waals surface area contributed by atoms with Gasteiger partial charge in [-0.25, -0.2) is 0 Å². The molecule has 1 amide bonds. The van der Waals surface area contributed by atoms with Crippen molar-refractivity contribution in [3.05, 3.63) is 70.6 Å². The van der Waals surface area contributed by atoms with Crippen molar-refractivity contribution in [2.75, 3.05) is 46.3 Å². The molecule has 2 aromatic carbocycles. The first kappa shape index (κ1) is 20.3. The molecule has 1 saturated heterocycles. The molecule has 30 heavy (non-hydrogen) atoms. The van der Waals surface area contributed by atoms with Gasteiger partial charge in [0.05, 0.1) is 24.7 Å². The van der Waals surface area contributed by atoms with E-state index in [9.17, 15) is 9.59 Å². The number of piperazine rings is 1. The Morgan fingerprint density at radius 3 is 2.40 bits per heavy atom. The molecule has 0 spiro atoms. The van der Waals surface area contributed by atoms with Gasteiger partial charge in [-0.2, -0.15) is 9.78 Å². The van der Waals surface area contributed by atoms with Crippen LogP contribution in [0.25, 0.3) is 16.5 Å². The summed E-state index contributed by atoms with van der Waals surface area (Å²) in [5, 5.41) is 8.51. The maximum atomic E-state index is 12.9. The smallest absolute Gasteiger partial charge is 0.279 e. The van der Waals surface area contributed by atoms with E-state index in [-0.39, 0.29) is 17.2 Å². The summed E-state index contributed by atoms with van der Waals surface area (Å²) in [6, 6.07) is 16.4. The summed E-state index contributed by atoms with van der Waals surface area (Å²) in [6.07, 6.45) is 0.927. The number of benzene rings is 2. The lowest BCUT2D eigenvalue weighted by molar-refractivity contribution is -1.00. The van der Waals surface area contributed by atoms with Gasteiger partial charge in [-0.3, -0.25) is 9.59 Å². The van der Waals surface area contributed by atoms with E-state index in [4.69, 9.17) is 0 Å². The predicted molar refractivity (Wildman–Crippen MR) is 116 cm³/mol. The van der Waals surface area contributed by atoms with Gasteiger partial charge in [0.2, 0.25) is 0 Å². The molecule has 1 aromatic heterocycles. The highest BCUT2D eigenvalue weighted by atomic mass is 16.2. The summed E-state index contributed by atoms with van der Waals surface area (Å²) >= 11 is 0. The fraction of sp³-hybridized carbons (Fsp3) is 0.348. The fourth-order valence-corrected chi connectivity index (χ4v) is 4.01. The lowest BCUT2D eigenvalue weighted by atomic mass is 10.1. The molecule has 7 heteroatoms. The number of para-hydroxylation sites is 1. The van der Waals surface area contributed by atoms with Crippen molar-refractivity contribution in [3.63, 3.8) is 0 Å². The van der Waals surface area contributed by atoms with Crippen LogP contribution in [-0.2, 0) is 0 Å². The number of quaternary nitrogens is 2. The van der Waals surface area contributed by atoms with Crippen molar-refractivity contribution in [2.24, 2.45) is 0 Å². The molecule has 1 fully saturated rings. The van der Waals surface area contributed by atoms with Crippen LogP contribution in [0.4, 0.5) is 0 Å². The van der Waals surface area contributed by atoms with E-state index in [2.05, 4.69) is 17.5 Å². The number of rotatable bonds is 6. The van der Waals surface area contributed by atoms with Gasteiger partial charge in [-0.05, 0) is 18.2 Å². The molecular formula is C23H29N5O2+2. The van der Waals surface area contributed by atoms with Gasteiger partial charge < -0.3 is 15.1 Å². The summed E-state index contributed by atoms with van der Waals surface area (Å²) in [6.45, 7) is 6.45. The maximum absolute atomic E-state index is 12.9. The molecule has 2 heterocycles. The Morgan fingerprint density at radius 1 is 1.00 bits per heavy atom. The molecule has 0 unspecified atom stereocenters. The van der Waals surface area contributed by atoms with Crippen molar-refractivity contribution >= 4 is 16.7 Å². The van der Waals surface area contributed by atoms with Gasteiger partial charge >= 0.3 is 0 Å². The first-order chi connectivity index (χ1) is 14.6. The third-order valence-corrected chi connectivity index (χ3v) is 5.82. The number of carbonyl (C=O) groups excluding carboxylic acids is 1. The molecule has 0 aliphatic carbocycles. The van der Waals surface area contributed by atoms with E-state index in [1.165, 1.54) is 30.9 Å². The summed E-state index contributed by atoms with van der Waals surface area (Å²) in [5.74, 6) is -0.242. The quantitative estimate of drug-likeness (QED) is 0.455. The van der Waals surface area contributed by atoms with Crippen molar-refractivity contribution in [1.82, 2.24) is 15.1 Å². The maximum Gasteiger partial charge on any atom is 0.279 e. The molecular weight excluding hydrogens is 378 g/mol. The molecule has 0 atom stereocenters. The van der Waals surface area contributed by atoms with Gasteiger partial charge in [0, 0.05) is 18.4 Å². The van der Waals surface area contributed by atoms with E-state index in [1.54, 1.807) is 28.0 Å². The average molecular weight is 408 g/mol. The van der Waals surface area contributed by atoms with Crippen LogP contribution in [-0.4, -0.2) is 62.0 Å². The zero-order valence-corrected chi connectivity index (χ0v) is 17.4. The lowest BCUT2D eigenvalue weighted by Gasteiger charge is -2.27. The van der Waals surface area contributed by atoms with Crippen LogP contribution in [0.15, 0.2) is 59.4 Å². The summed E-state index contributed by atoms with van der Waals surface area (Å²) in [7, 11) is 2.24. The zero-order valence-electron chi connectivity index (χ0n) is 17.4. The first-order valence-electron chi connectivity index (χ1n) is 10.6. The van der Waals surface area contributed by atoms with E-state index >= 15 is 0 Å². The molecule has 0 bridgehead atoms. The summed E-state index contributed by atoms with van der Waals surface area (Å²) in [4.78, 5) is 29.1. The molecule has 3 N–H and O–H groups in total. The zero-order chi connectivity index (χ0) is 20.9. The monoisotopic (exact) mass is 407 g/mol. The number of fused-ring (bicyclic) bond motifs is 1. The van der Waals surface area contributed by atoms with Gasteiger partial charge in [0.15, 0.2) is 5.69 Å². The van der Waals surface area contributed by atoms with Crippen LogP contribution in [0.3, 0.4) is 0 Å². The van der Waals surface area contributed by atoms with Crippen LogP contribution < -0.4 is 20.7 Å². The highest BCUT2D eigenvalue weighted by Crippen LogP contribution is 2.15. The largest absolute Gasteiger partial charge is 0.350 e. The van der Waals surface area contributed by atoms with Gasteiger partial charge in [-0.15, -0.1) is 0 Å². The second kappa shape index (κ2) is 9.19. The van der Waals surface area contributed by atoms with Crippen molar-refractivity contribution in [2.45, 2.75) is 6.42 Å². The van der Waals surface area contributed by atoms with Gasteiger partial charge in [0.1, 0.15) is 26.2 Å². The highest BCUT2D eigenvalue weighted by molar-refractivity contribution is 6.04. The number of nitrogens with zero attached hydrogens (tertiary/aromatic N) is 2. The second-order valence-corrected chi connectivity index (χ2v) is 8.01. The Bertz CT molecular complexity index is 1070. The summed E-state index contributed by atoms with van der Waals surface area (Å²) in [5.41, 5.74) is 0.696. The number of hydrogen-bond acceptors (Lipinski definition) is 3. The van der Waals surface area contributed by atoms with Crippen LogP contribution >= 0.6 is 0 Å². The van der Waals surface area contributed by atoms with Gasteiger partial charge in [-0.1, -0.05) is 36.4 Å². The fourth-order valence-electron chi connectivity index (χ4n) is 4.01. The van der Waals surface area contributed by atoms with E-state index in [1.807, 2.05) is 36.4 Å². The third kappa shape index (κ3) is 4.42. The number of amides is 1. The molecule has 7 nitrogen and oxygen atoms in total. The third-order valence-electron chi connectivity index (χ3n) is 5.82. The van der Waals surface area contributed by atoms with Crippen LogP contribution in [0.2, 0.25) is 0 Å². The normalized spacial score (nSPS) is 19.0. The molecule has 4 rings (SSSR count). The van der Waals surface area contributed by atoms with Gasteiger partial charge in [0.25, 0.3) is 11.5 Å². The molecule has 1 aliphatic heterocycles. The minimum atomic E-state index is -0.242. The Kier molecular flexibility index (Phi) is 6.21. The SMILES string of the molecule is C[NH+]1CC[NH+](CCCNC(=O)c2nn(-c3ccccc3)c(=O)c3ccccc23)CC1. The number of aromatic nitrogens is 2. The Balaban J connectivity index is 1.51. The Labute approximate surface area is 175 Å². The second-order valence-electron chi connectivity index (χ2n) is 8.01. The number of carbonyl (C=O) groups is 1. The topological polar surface area (TPSA) is 72.9 Å². The van der Waals surface area contributed by atoms with Crippen molar-refractivity contribution in [3.8, 4) is 5.69 Å². The standard InChI is InChI=1S/C23H27N5O2/c1-26-14-16-27(17-15-26)13-7-12-24-22(29)21-19-10-5-6-11-20(19)23(30)28(25-21)18-8-3-2-4-9-18/h2-6,8-11H,7,12-17H2,1H3,(H,24,29)/p+2. The van der Waals surface area contributed by atoms with Crippen LogP contribution in [0, 0.1) is 0 Å². The highest BCUT2D eigenvalue weighted by Gasteiger charge is 2.20. The molecule has 3 aromatic rings. The number of likely N-dealkylation sites (N-methyl/N-ethyl adjacent to an activating group) is 1. The summed E-state index contributed by atoms with van der Waals surface area (Å²) < 4.78 is 1.31. The van der Waals surface area contributed by atoms with E-state index < -0.39 is 0 Å². The minimum Gasteiger partial charge on any atom is -0.350 e. The number of hydrogen-bond donors (Lipinski definition) is 3. The lowest BCUT2D eigenvalue weighted by Crippen LogP contribution is -3.27. The van der Waals surface area contributed by atoms with Crippen molar-refractivity contribution < 1.29 is 14.6 Å². The Hall–Kier alpha value is -3.03. The molecule has 0 saturated carbocycles. The van der Waals surface area contributed by atoms with Crippen LogP contribution in [0.5, 0.6) is 0 Å². The van der Waals surface area contributed by atoms with Crippen molar-refractivity contribution in [1.29, 1.82) is 0 Å². The first-order valence-corrected chi connectivity index (χ1v) is 10.6. The molecule has 0 radical (unpaired) electrons. The molecule has 156 valence electrons. The predicted octanol–water partition coefficient (Wildman–Crippen LogP) is -1.08. The Morgan fingerprint density at radius 2 is 1.67 bits per heavy atom. The van der Waals surface area contributed by atoms with E-state index in [0.29, 0.717) is 23.0 Å². The van der Waals surface area contributed by atoms with Crippen LogP contribution in [0.1, 0.15) is 16.9 Å². The number of nitrogens with one attached hydrogen (secondary N) is 3. The van der Waals surface area contributed by atoms with E-state index in [0.717, 1.165) is 13.0 Å². The minimum absolute atomic E-state index is 0.228. The average Bonchev–Trinajstić information content (AvgIpc) is 2.79.